The number of anilines is 2. The monoisotopic (exact) mass is 342 g/mol. The molecule has 3 aromatic rings. The third kappa shape index (κ3) is 2.95. The van der Waals surface area contributed by atoms with E-state index < -0.39 is 11.7 Å². The second-order valence-electron chi connectivity index (χ2n) is 4.38. The number of nitrogens with two attached hydrogens (primary N) is 2. The molecule has 0 aliphatic carbocycles. The van der Waals surface area contributed by atoms with Crippen LogP contribution in [0, 0.1) is 0 Å². The average molecular weight is 342 g/mol. The maximum absolute atomic E-state index is 12.5. The summed E-state index contributed by atoms with van der Waals surface area (Å²) in [7, 11) is 0. The van der Waals surface area contributed by atoms with E-state index in [-0.39, 0.29) is 11.8 Å². The molecule has 0 aliphatic heterocycles. The van der Waals surface area contributed by atoms with Gasteiger partial charge in [0.25, 0.3) is 0 Å². The van der Waals surface area contributed by atoms with E-state index in [1.54, 1.807) is 6.07 Å². The summed E-state index contributed by atoms with van der Waals surface area (Å²) in [6.45, 7) is 0. The minimum atomic E-state index is -4.33. The summed E-state index contributed by atoms with van der Waals surface area (Å²) in [6, 6.07) is 6.78. The van der Waals surface area contributed by atoms with Gasteiger partial charge in [-0.1, -0.05) is 11.8 Å². The Labute approximate surface area is 131 Å². The number of halogens is 3. The van der Waals surface area contributed by atoms with Gasteiger partial charge in [-0.05, 0) is 30.3 Å². The molecule has 4 nitrogen and oxygen atoms in total. The lowest BCUT2D eigenvalue weighted by atomic mass is 10.2. The van der Waals surface area contributed by atoms with E-state index >= 15 is 0 Å². The number of hydrogen-bond acceptors (Lipinski definition) is 6. The lowest BCUT2D eigenvalue weighted by Crippen LogP contribution is -2.03. The number of thiophene rings is 1. The molecule has 2 aromatic heterocycles. The number of benzene rings is 1. The van der Waals surface area contributed by atoms with E-state index in [2.05, 4.69) is 9.97 Å². The first-order chi connectivity index (χ1) is 10.3. The highest BCUT2D eigenvalue weighted by Gasteiger charge is 2.29. The van der Waals surface area contributed by atoms with E-state index in [1.807, 2.05) is 0 Å². The van der Waals surface area contributed by atoms with Crippen LogP contribution in [0.4, 0.5) is 24.9 Å². The van der Waals surface area contributed by atoms with Crippen molar-refractivity contribution in [3.8, 4) is 0 Å². The van der Waals surface area contributed by atoms with E-state index in [1.165, 1.54) is 35.2 Å². The summed E-state index contributed by atoms with van der Waals surface area (Å²) in [4.78, 5) is 9.31. The van der Waals surface area contributed by atoms with Gasteiger partial charge in [0, 0.05) is 4.90 Å². The first kappa shape index (κ1) is 14.9. The molecule has 0 atom stereocenters. The van der Waals surface area contributed by atoms with Crippen LogP contribution < -0.4 is 11.5 Å². The van der Waals surface area contributed by atoms with Gasteiger partial charge in [0.15, 0.2) is 0 Å². The third-order valence-corrected chi connectivity index (χ3v) is 4.97. The first-order valence-electron chi connectivity index (χ1n) is 6.00. The number of fused-ring (bicyclic) bond motifs is 1. The Balaban J connectivity index is 1.88. The maximum Gasteiger partial charge on any atom is 0.416 e. The molecule has 0 fully saturated rings. The topological polar surface area (TPSA) is 77.8 Å². The van der Waals surface area contributed by atoms with Crippen molar-refractivity contribution in [3.05, 3.63) is 35.9 Å². The highest BCUT2D eigenvalue weighted by molar-refractivity contribution is 8.01. The normalized spacial score (nSPS) is 12.0. The molecule has 0 aliphatic rings. The van der Waals surface area contributed by atoms with E-state index in [9.17, 15) is 13.2 Å². The van der Waals surface area contributed by atoms with Crippen molar-refractivity contribution < 1.29 is 13.2 Å². The van der Waals surface area contributed by atoms with Crippen molar-refractivity contribution in [1.29, 1.82) is 0 Å². The number of hydrogen-bond donors (Lipinski definition) is 2. The number of nitrogen functional groups attached to an aromatic ring is 2. The van der Waals surface area contributed by atoms with Crippen molar-refractivity contribution in [2.24, 2.45) is 0 Å². The summed E-state index contributed by atoms with van der Waals surface area (Å²) in [5.74, 6) is 0.385. The van der Waals surface area contributed by atoms with Gasteiger partial charge in [-0.25, -0.2) is 4.98 Å². The van der Waals surface area contributed by atoms with Gasteiger partial charge in [-0.15, -0.1) is 11.3 Å². The maximum atomic E-state index is 12.5. The molecule has 4 N–H and O–H groups in total. The zero-order chi connectivity index (χ0) is 15.9. The number of aromatic nitrogens is 2. The van der Waals surface area contributed by atoms with E-state index in [0.717, 1.165) is 16.3 Å². The molecule has 22 heavy (non-hydrogen) atoms. The van der Waals surface area contributed by atoms with Crippen LogP contribution in [0.5, 0.6) is 0 Å². The Hall–Kier alpha value is -2.00. The molecule has 0 unspecified atom stereocenters. The molecule has 1 aromatic carbocycles. The Morgan fingerprint density at radius 2 is 1.73 bits per heavy atom. The first-order valence-corrected chi connectivity index (χ1v) is 7.64. The smallest absolute Gasteiger partial charge is 0.383 e. The zero-order valence-corrected chi connectivity index (χ0v) is 12.5. The highest BCUT2D eigenvalue weighted by atomic mass is 32.2. The van der Waals surface area contributed by atoms with Crippen molar-refractivity contribution in [2.45, 2.75) is 15.3 Å². The highest BCUT2D eigenvalue weighted by Crippen LogP contribution is 2.39. The predicted molar refractivity (Wildman–Crippen MR) is 81.8 cm³/mol. The standard InChI is InChI=1S/C13H9F3N4S2/c14-13(15,16)6-1-3-7(4-2-6)21-9-5-8-10(17)19-12(18)20-11(8)22-9/h1-5H,(H4,17,18,19,20). The fraction of sp³-hybridized carbons (Fsp3) is 0.0769. The Morgan fingerprint density at radius 1 is 1.05 bits per heavy atom. The summed E-state index contributed by atoms with van der Waals surface area (Å²) in [6.07, 6.45) is -4.33. The van der Waals surface area contributed by atoms with Crippen LogP contribution in [0.3, 0.4) is 0 Å². The van der Waals surface area contributed by atoms with Crippen LogP contribution in [0.1, 0.15) is 5.56 Å². The number of nitrogens with zero attached hydrogens (tertiary/aromatic N) is 2. The fourth-order valence-electron chi connectivity index (χ4n) is 1.82. The SMILES string of the molecule is Nc1nc(N)c2cc(Sc3ccc(C(F)(F)F)cc3)sc2n1. The molecule has 0 spiro atoms. The minimum absolute atomic E-state index is 0.0953. The van der Waals surface area contributed by atoms with E-state index in [4.69, 9.17) is 11.5 Å². The molecule has 0 amide bonds. The van der Waals surface area contributed by atoms with Gasteiger partial charge in [0.05, 0.1) is 15.2 Å². The minimum Gasteiger partial charge on any atom is -0.383 e. The van der Waals surface area contributed by atoms with Gasteiger partial charge >= 0.3 is 6.18 Å². The van der Waals surface area contributed by atoms with Crippen molar-refractivity contribution >= 4 is 45.1 Å². The number of alkyl halides is 3. The van der Waals surface area contributed by atoms with Crippen LogP contribution in [-0.4, -0.2) is 9.97 Å². The quantitative estimate of drug-likeness (QED) is 0.735. The molecule has 3 rings (SSSR count). The largest absolute Gasteiger partial charge is 0.416 e. The summed E-state index contributed by atoms with van der Waals surface area (Å²) in [5.41, 5.74) is 10.6. The molecular weight excluding hydrogens is 333 g/mol. The summed E-state index contributed by atoms with van der Waals surface area (Å²) in [5, 5.41) is 0.689. The van der Waals surface area contributed by atoms with Gasteiger partial charge in [-0.2, -0.15) is 18.2 Å². The predicted octanol–water partition coefficient (Wildman–Crippen LogP) is 4.03. The fourth-order valence-corrected chi connectivity index (χ4v) is 3.97. The lowest BCUT2D eigenvalue weighted by Gasteiger charge is -2.06. The Bertz CT molecular complexity index is 828. The van der Waals surface area contributed by atoms with Crippen molar-refractivity contribution in [3.63, 3.8) is 0 Å². The van der Waals surface area contributed by atoms with E-state index in [0.29, 0.717) is 15.1 Å². The number of rotatable bonds is 2. The summed E-state index contributed by atoms with van der Waals surface area (Å²) < 4.78 is 38.4. The molecule has 2 heterocycles. The molecule has 9 heteroatoms. The summed E-state index contributed by atoms with van der Waals surface area (Å²) >= 11 is 2.69. The molecule has 0 bridgehead atoms. The second-order valence-corrected chi connectivity index (χ2v) is 6.78. The van der Waals surface area contributed by atoms with Crippen LogP contribution in [0.2, 0.25) is 0 Å². The third-order valence-electron chi connectivity index (χ3n) is 2.82. The second kappa shape index (κ2) is 5.33. The zero-order valence-electron chi connectivity index (χ0n) is 10.9. The van der Waals surface area contributed by atoms with Gasteiger partial charge in [0.2, 0.25) is 5.95 Å². The van der Waals surface area contributed by atoms with Crippen LogP contribution in [0.15, 0.2) is 39.4 Å². The van der Waals surface area contributed by atoms with Crippen LogP contribution >= 0.6 is 23.1 Å². The lowest BCUT2D eigenvalue weighted by molar-refractivity contribution is -0.137. The molecule has 0 radical (unpaired) electrons. The molecular formula is C13H9F3N4S2. The van der Waals surface area contributed by atoms with Crippen LogP contribution in [-0.2, 0) is 6.18 Å². The van der Waals surface area contributed by atoms with Crippen molar-refractivity contribution in [2.75, 3.05) is 11.5 Å². The van der Waals surface area contributed by atoms with Gasteiger partial charge in [-0.3, -0.25) is 0 Å². The van der Waals surface area contributed by atoms with Gasteiger partial charge in [0.1, 0.15) is 10.6 Å². The molecule has 0 saturated carbocycles. The molecule has 114 valence electrons. The molecule has 0 saturated heterocycles. The van der Waals surface area contributed by atoms with Crippen LogP contribution in [0.25, 0.3) is 10.2 Å². The van der Waals surface area contributed by atoms with Gasteiger partial charge < -0.3 is 11.5 Å². The average Bonchev–Trinajstić information content (AvgIpc) is 2.81. The Morgan fingerprint density at radius 3 is 2.36 bits per heavy atom. The Kier molecular flexibility index (Phi) is 3.61. The van der Waals surface area contributed by atoms with Crippen molar-refractivity contribution in [1.82, 2.24) is 9.97 Å².